The van der Waals surface area contributed by atoms with E-state index < -0.39 is 0 Å². The zero-order valence-electron chi connectivity index (χ0n) is 9.94. The van der Waals surface area contributed by atoms with Gasteiger partial charge in [0.2, 0.25) is 0 Å². The van der Waals surface area contributed by atoms with Gasteiger partial charge in [0.25, 0.3) is 0 Å². The topological polar surface area (TPSA) is 56.2 Å². The van der Waals surface area contributed by atoms with Gasteiger partial charge in [0, 0.05) is 11.3 Å². The molecule has 3 heteroatoms. The monoisotopic (exact) mass is 229 g/mol. The molecule has 0 aliphatic carbocycles. The number of carbonyl (C=O) groups is 1. The molecule has 1 aromatic carbocycles. The van der Waals surface area contributed by atoms with Crippen LogP contribution in [0.3, 0.4) is 0 Å². The van der Waals surface area contributed by atoms with Gasteiger partial charge in [0.15, 0.2) is 12.0 Å². The van der Waals surface area contributed by atoms with Gasteiger partial charge in [-0.2, -0.15) is 0 Å². The highest BCUT2D eigenvalue weighted by Gasteiger charge is 2.08. The van der Waals surface area contributed by atoms with E-state index in [0.717, 1.165) is 16.8 Å². The molecule has 1 aromatic heterocycles. The van der Waals surface area contributed by atoms with Crippen LogP contribution in [0.5, 0.6) is 0 Å². The summed E-state index contributed by atoms with van der Waals surface area (Å²) < 4.78 is 5.35. The van der Waals surface area contributed by atoms with E-state index in [1.54, 1.807) is 12.1 Å². The first-order valence-corrected chi connectivity index (χ1v) is 5.56. The minimum absolute atomic E-state index is 0.325. The fourth-order valence-electron chi connectivity index (χ4n) is 1.83. The van der Waals surface area contributed by atoms with E-state index in [9.17, 15) is 4.79 Å². The Morgan fingerprint density at radius 3 is 2.53 bits per heavy atom. The van der Waals surface area contributed by atoms with Crippen molar-refractivity contribution in [3.8, 4) is 11.3 Å². The standard InChI is InChI=1S/C14H15NO2/c1-9(2)12-5-3-10(7-13(12)15)14-6-4-11(8-16)17-14/h3-9H,15H2,1-2H3. The van der Waals surface area contributed by atoms with E-state index in [0.29, 0.717) is 23.7 Å². The number of hydrogen-bond donors (Lipinski definition) is 1. The first-order valence-electron chi connectivity index (χ1n) is 5.56. The van der Waals surface area contributed by atoms with E-state index in [4.69, 9.17) is 10.2 Å². The van der Waals surface area contributed by atoms with E-state index in [1.807, 2.05) is 18.2 Å². The molecule has 0 atom stereocenters. The van der Waals surface area contributed by atoms with Gasteiger partial charge in [0.1, 0.15) is 5.76 Å². The van der Waals surface area contributed by atoms with Gasteiger partial charge in [-0.25, -0.2) is 0 Å². The van der Waals surface area contributed by atoms with E-state index in [1.165, 1.54) is 0 Å². The summed E-state index contributed by atoms with van der Waals surface area (Å²) in [6.45, 7) is 4.20. The number of nitrogen functional groups attached to an aromatic ring is 1. The molecule has 0 unspecified atom stereocenters. The number of nitrogens with two attached hydrogens (primary N) is 1. The Bertz CT molecular complexity index is 541. The highest BCUT2D eigenvalue weighted by Crippen LogP contribution is 2.28. The first-order chi connectivity index (χ1) is 8.11. The predicted octanol–water partition coefficient (Wildman–Crippen LogP) is 3.46. The van der Waals surface area contributed by atoms with Crippen molar-refractivity contribution >= 4 is 12.0 Å². The molecular formula is C14H15NO2. The second-order valence-electron chi connectivity index (χ2n) is 4.32. The number of hydrogen-bond acceptors (Lipinski definition) is 3. The maximum absolute atomic E-state index is 10.5. The normalized spacial score (nSPS) is 10.8. The lowest BCUT2D eigenvalue weighted by atomic mass is 9.99. The molecule has 0 fully saturated rings. The van der Waals surface area contributed by atoms with Gasteiger partial charge in [-0.05, 0) is 29.7 Å². The Morgan fingerprint density at radius 1 is 1.24 bits per heavy atom. The van der Waals surface area contributed by atoms with Gasteiger partial charge in [-0.1, -0.05) is 26.0 Å². The van der Waals surface area contributed by atoms with Crippen molar-refractivity contribution in [2.75, 3.05) is 5.73 Å². The summed E-state index contributed by atoms with van der Waals surface area (Å²) in [5.74, 6) is 1.38. The van der Waals surface area contributed by atoms with Crippen LogP contribution >= 0.6 is 0 Å². The summed E-state index contributed by atoms with van der Waals surface area (Å²) >= 11 is 0. The molecule has 88 valence electrons. The number of aldehydes is 1. The Balaban J connectivity index is 2.40. The Morgan fingerprint density at radius 2 is 2.00 bits per heavy atom. The summed E-state index contributed by atoms with van der Waals surface area (Å²) in [7, 11) is 0. The second kappa shape index (κ2) is 4.45. The van der Waals surface area contributed by atoms with Crippen molar-refractivity contribution in [2.24, 2.45) is 0 Å². The highest BCUT2D eigenvalue weighted by atomic mass is 16.3. The Hall–Kier alpha value is -2.03. The number of anilines is 1. The van der Waals surface area contributed by atoms with Crippen LogP contribution in [-0.4, -0.2) is 6.29 Å². The van der Waals surface area contributed by atoms with Gasteiger partial charge < -0.3 is 10.2 Å². The molecule has 0 aliphatic rings. The van der Waals surface area contributed by atoms with Crippen LogP contribution in [0.4, 0.5) is 5.69 Å². The molecule has 0 spiro atoms. The van der Waals surface area contributed by atoms with Crippen molar-refractivity contribution in [3.05, 3.63) is 41.7 Å². The summed E-state index contributed by atoms with van der Waals surface area (Å²) in [4.78, 5) is 10.5. The second-order valence-corrected chi connectivity index (χ2v) is 4.32. The lowest BCUT2D eigenvalue weighted by Crippen LogP contribution is -1.96. The summed E-state index contributed by atoms with van der Waals surface area (Å²) in [5, 5.41) is 0. The SMILES string of the molecule is CC(C)c1ccc(-c2ccc(C=O)o2)cc1N. The van der Waals surface area contributed by atoms with E-state index in [2.05, 4.69) is 13.8 Å². The molecule has 0 amide bonds. The van der Waals surface area contributed by atoms with Crippen LogP contribution in [0.1, 0.15) is 35.9 Å². The van der Waals surface area contributed by atoms with E-state index in [-0.39, 0.29) is 0 Å². The Labute approximate surface area is 100 Å². The van der Waals surface area contributed by atoms with Gasteiger partial charge >= 0.3 is 0 Å². The van der Waals surface area contributed by atoms with Crippen LogP contribution in [-0.2, 0) is 0 Å². The molecule has 0 saturated heterocycles. The van der Waals surface area contributed by atoms with Crippen LogP contribution in [0.15, 0.2) is 34.7 Å². The quantitative estimate of drug-likeness (QED) is 0.647. The molecule has 2 N–H and O–H groups in total. The molecule has 0 bridgehead atoms. The fourth-order valence-corrected chi connectivity index (χ4v) is 1.83. The first kappa shape index (κ1) is 11.5. The van der Waals surface area contributed by atoms with Crippen molar-refractivity contribution in [2.45, 2.75) is 19.8 Å². The largest absolute Gasteiger partial charge is 0.453 e. The minimum Gasteiger partial charge on any atom is -0.453 e. The zero-order chi connectivity index (χ0) is 12.4. The lowest BCUT2D eigenvalue weighted by Gasteiger charge is -2.10. The number of carbonyl (C=O) groups excluding carboxylic acids is 1. The van der Waals surface area contributed by atoms with Crippen LogP contribution in [0.2, 0.25) is 0 Å². The average Bonchev–Trinajstić information content (AvgIpc) is 2.76. The molecule has 1 heterocycles. The van der Waals surface area contributed by atoms with Crippen LogP contribution in [0.25, 0.3) is 11.3 Å². The third-order valence-electron chi connectivity index (χ3n) is 2.74. The van der Waals surface area contributed by atoms with Crippen molar-refractivity contribution in [1.82, 2.24) is 0 Å². The maximum atomic E-state index is 10.5. The van der Waals surface area contributed by atoms with Gasteiger partial charge in [0.05, 0.1) is 0 Å². The van der Waals surface area contributed by atoms with Crippen molar-refractivity contribution < 1.29 is 9.21 Å². The van der Waals surface area contributed by atoms with Crippen LogP contribution in [0, 0.1) is 0 Å². The fraction of sp³-hybridized carbons (Fsp3) is 0.214. The van der Waals surface area contributed by atoms with Gasteiger partial charge in [-0.15, -0.1) is 0 Å². The van der Waals surface area contributed by atoms with Crippen molar-refractivity contribution in [1.29, 1.82) is 0 Å². The average molecular weight is 229 g/mol. The third-order valence-corrected chi connectivity index (χ3v) is 2.74. The number of rotatable bonds is 3. The molecule has 17 heavy (non-hydrogen) atoms. The summed E-state index contributed by atoms with van der Waals surface area (Å²) in [6, 6.07) is 9.25. The summed E-state index contributed by atoms with van der Waals surface area (Å²) in [6.07, 6.45) is 0.690. The van der Waals surface area contributed by atoms with Gasteiger partial charge in [-0.3, -0.25) is 4.79 Å². The molecular weight excluding hydrogens is 214 g/mol. The molecule has 0 aliphatic heterocycles. The molecule has 0 saturated carbocycles. The molecule has 0 radical (unpaired) electrons. The summed E-state index contributed by atoms with van der Waals surface area (Å²) in [5.41, 5.74) is 8.75. The zero-order valence-corrected chi connectivity index (χ0v) is 9.94. The number of benzene rings is 1. The predicted molar refractivity (Wildman–Crippen MR) is 68.0 cm³/mol. The number of furan rings is 1. The molecule has 2 rings (SSSR count). The highest BCUT2D eigenvalue weighted by molar-refractivity contribution is 5.73. The third kappa shape index (κ3) is 2.23. The molecule has 3 nitrogen and oxygen atoms in total. The van der Waals surface area contributed by atoms with Crippen molar-refractivity contribution in [3.63, 3.8) is 0 Å². The van der Waals surface area contributed by atoms with Crippen LogP contribution < -0.4 is 5.73 Å². The maximum Gasteiger partial charge on any atom is 0.185 e. The lowest BCUT2D eigenvalue weighted by molar-refractivity contribution is 0.110. The molecule has 2 aromatic rings. The van der Waals surface area contributed by atoms with E-state index >= 15 is 0 Å². The minimum atomic E-state index is 0.325. The smallest absolute Gasteiger partial charge is 0.185 e. The Kier molecular flexibility index (Phi) is 3.00.